The van der Waals surface area contributed by atoms with Gasteiger partial charge in [0, 0.05) is 0 Å². The maximum Gasteiger partial charge on any atom is 0.0721 e. The zero-order valence-electron chi connectivity index (χ0n) is 7.49. The average Bonchev–Trinajstić information content (AvgIpc) is 2.18. The van der Waals surface area contributed by atoms with Crippen LogP contribution in [0.25, 0.3) is 6.08 Å². The van der Waals surface area contributed by atoms with Gasteiger partial charge < -0.3 is 10.5 Å². The maximum atomic E-state index is 5.91. The van der Waals surface area contributed by atoms with Gasteiger partial charge in [0.25, 0.3) is 0 Å². The maximum absolute atomic E-state index is 5.91. The third-order valence-electron chi connectivity index (χ3n) is 2.36. The molecule has 0 fully saturated rings. The van der Waals surface area contributed by atoms with Gasteiger partial charge in [-0.1, -0.05) is 24.8 Å². The molecule has 1 aliphatic heterocycles. The summed E-state index contributed by atoms with van der Waals surface area (Å²) in [5, 5.41) is 0. The van der Waals surface area contributed by atoms with Gasteiger partial charge in [-0.15, -0.1) is 0 Å². The number of hydrogen-bond donors (Lipinski definition) is 1. The van der Waals surface area contributed by atoms with Crippen molar-refractivity contribution in [3.63, 3.8) is 0 Å². The zero-order valence-corrected chi connectivity index (χ0v) is 7.49. The fraction of sp³-hybridized carbons (Fsp3) is 0.273. The normalized spacial score (nSPS) is 20.8. The fourth-order valence-electron chi connectivity index (χ4n) is 1.60. The van der Waals surface area contributed by atoms with Crippen molar-refractivity contribution in [3.8, 4) is 0 Å². The van der Waals surface area contributed by atoms with Crippen molar-refractivity contribution in [1.29, 1.82) is 0 Å². The molecule has 0 saturated heterocycles. The van der Waals surface area contributed by atoms with Gasteiger partial charge in [0.15, 0.2) is 0 Å². The van der Waals surface area contributed by atoms with Crippen molar-refractivity contribution in [3.05, 3.63) is 41.5 Å². The predicted molar refractivity (Wildman–Crippen MR) is 53.1 cm³/mol. The number of hydrogen-bond acceptors (Lipinski definition) is 2. The van der Waals surface area contributed by atoms with E-state index in [0.29, 0.717) is 13.2 Å². The lowest BCUT2D eigenvalue weighted by atomic mass is 9.97. The predicted octanol–water partition coefficient (Wildman–Crippen LogP) is 1.86. The Labute approximate surface area is 78.0 Å². The van der Waals surface area contributed by atoms with Crippen LogP contribution in [0.5, 0.6) is 0 Å². The SMILES string of the molecule is C=Cc1ccc2c(c1)[C@@H](N)COC2. The van der Waals surface area contributed by atoms with Crippen molar-refractivity contribution in [1.82, 2.24) is 0 Å². The van der Waals surface area contributed by atoms with Gasteiger partial charge in [0.1, 0.15) is 0 Å². The number of nitrogens with two attached hydrogens (primary N) is 1. The fourth-order valence-corrected chi connectivity index (χ4v) is 1.60. The Hall–Kier alpha value is -1.12. The van der Waals surface area contributed by atoms with Crippen molar-refractivity contribution in [2.24, 2.45) is 5.73 Å². The van der Waals surface area contributed by atoms with Gasteiger partial charge in [0.05, 0.1) is 19.3 Å². The highest BCUT2D eigenvalue weighted by Crippen LogP contribution is 2.24. The Morgan fingerprint density at radius 2 is 2.38 bits per heavy atom. The molecule has 0 unspecified atom stereocenters. The third kappa shape index (κ3) is 1.50. The van der Waals surface area contributed by atoms with Crippen molar-refractivity contribution >= 4 is 6.08 Å². The van der Waals surface area contributed by atoms with E-state index in [1.165, 1.54) is 11.1 Å². The summed E-state index contributed by atoms with van der Waals surface area (Å²) in [6.45, 7) is 5.03. The molecule has 1 atom stereocenters. The van der Waals surface area contributed by atoms with Gasteiger partial charge in [-0.25, -0.2) is 0 Å². The summed E-state index contributed by atoms with van der Waals surface area (Å²) < 4.78 is 5.33. The monoisotopic (exact) mass is 175 g/mol. The summed E-state index contributed by atoms with van der Waals surface area (Å²) >= 11 is 0. The molecule has 0 amide bonds. The Morgan fingerprint density at radius 1 is 1.54 bits per heavy atom. The van der Waals surface area contributed by atoms with Crippen LogP contribution in [-0.4, -0.2) is 6.61 Å². The molecule has 13 heavy (non-hydrogen) atoms. The highest BCUT2D eigenvalue weighted by Gasteiger charge is 2.16. The summed E-state index contributed by atoms with van der Waals surface area (Å²) in [7, 11) is 0. The molecule has 1 aliphatic rings. The van der Waals surface area contributed by atoms with E-state index < -0.39 is 0 Å². The molecule has 1 aromatic carbocycles. The van der Waals surface area contributed by atoms with E-state index in [2.05, 4.69) is 18.7 Å². The summed E-state index contributed by atoms with van der Waals surface area (Å²) in [6, 6.07) is 6.21. The number of benzene rings is 1. The summed E-state index contributed by atoms with van der Waals surface area (Å²) in [4.78, 5) is 0. The molecular weight excluding hydrogens is 162 g/mol. The second-order valence-corrected chi connectivity index (χ2v) is 3.28. The first-order valence-corrected chi connectivity index (χ1v) is 4.40. The van der Waals surface area contributed by atoms with Crippen molar-refractivity contribution in [2.75, 3.05) is 6.61 Å². The molecule has 0 aromatic heterocycles. The molecule has 0 radical (unpaired) electrons. The highest BCUT2D eigenvalue weighted by atomic mass is 16.5. The van der Waals surface area contributed by atoms with Crippen LogP contribution in [0.15, 0.2) is 24.8 Å². The minimum atomic E-state index is 0.0173. The largest absolute Gasteiger partial charge is 0.375 e. The van der Waals surface area contributed by atoms with Crippen LogP contribution in [0.1, 0.15) is 22.7 Å². The molecule has 1 aromatic rings. The smallest absolute Gasteiger partial charge is 0.0721 e. The highest BCUT2D eigenvalue weighted by molar-refractivity contribution is 5.50. The molecule has 2 rings (SSSR count). The quantitative estimate of drug-likeness (QED) is 0.707. The molecule has 2 nitrogen and oxygen atoms in total. The van der Waals surface area contributed by atoms with Crippen LogP contribution in [0.2, 0.25) is 0 Å². The van der Waals surface area contributed by atoms with Crippen molar-refractivity contribution < 1.29 is 4.74 Å². The molecule has 68 valence electrons. The van der Waals surface area contributed by atoms with Gasteiger partial charge in [-0.3, -0.25) is 0 Å². The second-order valence-electron chi connectivity index (χ2n) is 3.28. The Morgan fingerprint density at radius 3 is 3.15 bits per heavy atom. The summed E-state index contributed by atoms with van der Waals surface area (Å²) in [5.41, 5.74) is 9.43. The number of rotatable bonds is 1. The molecule has 2 N–H and O–H groups in total. The molecule has 0 aliphatic carbocycles. The van der Waals surface area contributed by atoms with Crippen LogP contribution >= 0.6 is 0 Å². The first-order valence-electron chi connectivity index (χ1n) is 4.40. The molecule has 0 spiro atoms. The molecule has 2 heteroatoms. The van der Waals surface area contributed by atoms with E-state index in [-0.39, 0.29) is 6.04 Å². The van der Waals surface area contributed by atoms with Crippen LogP contribution < -0.4 is 5.73 Å². The zero-order chi connectivity index (χ0) is 9.26. The van der Waals surface area contributed by atoms with Crippen LogP contribution in [-0.2, 0) is 11.3 Å². The number of fused-ring (bicyclic) bond motifs is 1. The van der Waals surface area contributed by atoms with E-state index in [1.54, 1.807) is 0 Å². The first-order chi connectivity index (χ1) is 6.31. The van der Waals surface area contributed by atoms with E-state index in [0.717, 1.165) is 5.56 Å². The van der Waals surface area contributed by atoms with E-state index >= 15 is 0 Å². The Kier molecular flexibility index (Phi) is 2.17. The minimum absolute atomic E-state index is 0.0173. The molecule has 0 bridgehead atoms. The Bertz CT molecular complexity index is 333. The van der Waals surface area contributed by atoms with Gasteiger partial charge in [0.2, 0.25) is 0 Å². The lowest BCUT2D eigenvalue weighted by molar-refractivity contribution is 0.0924. The van der Waals surface area contributed by atoms with Gasteiger partial charge >= 0.3 is 0 Å². The van der Waals surface area contributed by atoms with E-state index in [1.807, 2.05) is 12.1 Å². The van der Waals surface area contributed by atoms with Crippen molar-refractivity contribution in [2.45, 2.75) is 12.6 Å². The van der Waals surface area contributed by atoms with Crippen LogP contribution in [0.4, 0.5) is 0 Å². The lowest BCUT2D eigenvalue weighted by Crippen LogP contribution is -2.23. The van der Waals surface area contributed by atoms with E-state index in [4.69, 9.17) is 10.5 Å². The van der Waals surface area contributed by atoms with Crippen LogP contribution in [0.3, 0.4) is 0 Å². The van der Waals surface area contributed by atoms with Gasteiger partial charge in [-0.2, -0.15) is 0 Å². The molecule has 0 saturated carbocycles. The molecule has 1 heterocycles. The van der Waals surface area contributed by atoms with E-state index in [9.17, 15) is 0 Å². The average molecular weight is 175 g/mol. The first kappa shape index (κ1) is 8.48. The van der Waals surface area contributed by atoms with Crippen LogP contribution in [0, 0.1) is 0 Å². The standard InChI is InChI=1S/C11H13NO/c1-2-8-3-4-9-6-13-7-11(12)10(9)5-8/h2-5,11H,1,6-7,12H2/t11-/m0/s1. The Balaban J connectivity index is 2.46. The molecular formula is C11H13NO. The third-order valence-corrected chi connectivity index (χ3v) is 2.36. The summed E-state index contributed by atoms with van der Waals surface area (Å²) in [5.74, 6) is 0. The van der Waals surface area contributed by atoms with Gasteiger partial charge in [-0.05, 0) is 22.8 Å². The lowest BCUT2D eigenvalue weighted by Gasteiger charge is -2.22. The second kappa shape index (κ2) is 3.32. The minimum Gasteiger partial charge on any atom is -0.375 e. The number of ether oxygens (including phenoxy) is 1. The summed E-state index contributed by atoms with van der Waals surface area (Å²) in [6.07, 6.45) is 1.84. The topological polar surface area (TPSA) is 35.2 Å².